The predicted molar refractivity (Wildman–Crippen MR) is 118 cm³/mol. The Morgan fingerprint density at radius 2 is 1.45 bits per heavy atom. The number of nitrogens with two attached hydrogens (primary N) is 1. The van der Waals surface area contributed by atoms with Gasteiger partial charge in [0.1, 0.15) is 11.6 Å². The van der Waals surface area contributed by atoms with Crippen LogP contribution in [-0.2, 0) is 10.0 Å². The summed E-state index contributed by atoms with van der Waals surface area (Å²) in [4.78, 5) is 4.60. The number of alkyl halides is 3. The number of halogens is 4. The summed E-state index contributed by atoms with van der Waals surface area (Å²) in [5.41, 5.74) is 2.36. The van der Waals surface area contributed by atoms with Gasteiger partial charge in [-0.1, -0.05) is 11.6 Å². The first-order valence-corrected chi connectivity index (χ1v) is 11.3. The van der Waals surface area contributed by atoms with Crippen LogP contribution in [0.4, 0.5) is 13.2 Å². The standard InChI is InChI=1S/C22H15ClF3N3O3S/c23-16-5-1-15(2-6-16)21-28-20(14-3-9-18(10-4-14)32-22(24,25)26)13-29(21)17-7-11-19(12-8-17)33(27,30)31/h1-13H,(H2,27,30,31). The number of rotatable bonds is 5. The van der Waals surface area contributed by atoms with E-state index in [1.54, 1.807) is 47.2 Å². The number of hydrogen-bond donors (Lipinski definition) is 1. The number of sulfonamides is 1. The lowest BCUT2D eigenvalue weighted by Gasteiger charge is -2.09. The molecule has 0 spiro atoms. The molecule has 1 aromatic heterocycles. The van der Waals surface area contributed by atoms with E-state index in [0.29, 0.717) is 27.8 Å². The number of primary sulfonamides is 1. The number of aromatic nitrogens is 2. The second kappa shape index (κ2) is 8.54. The summed E-state index contributed by atoms with van der Waals surface area (Å²) in [7, 11) is -3.86. The molecule has 4 rings (SSSR count). The third-order valence-electron chi connectivity index (χ3n) is 4.64. The van der Waals surface area contributed by atoms with Gasteiger partial charge in [0, 0.05) is 28.0 Å². The molecule has 0 radical (unpaired) electrons. The van der Waals surface area contributed by atoms with Crippen LogP contribution in [0.3, 0.4) is 0 Å². The molecule has 11 heteroatoms. The molecule has 4 aromatic rings. The van der Waals surface area contributed by atoms with Crippen molar-refractivity contribution in [2.24, 2.45) is 5.14 Å². The lowest BCUT2D eigenvalue weighted by atomic mass is 10.1. The predicted octanol–water partition coefficient (Wildman–Crippen LogP) is 5.41. The lowest BCUT2D eigenvalue weighted by Crippen LogP contribution is -2.16. The molecule has 6 nitrogen and oxygen atoms in total. The first-order valence-electron chi connectivity index (χ1n) is 9.34. The van der Waals surface area contributed by atoms with Crippen molar-refractivity contribution < 1.29 is 26.3 Å². The highest BCUT2D eigenvalue weighted by atomic mass is 35.5. The van der Waals surface area contributed by atoms with E-state index in [2.05, 4.69) is 9.72 Å². The molecule has 170 valence electrons. The van der Waals surface area contributed by atoms with Gasteiger partial charge in [0.25, 0.3) is 0 Å². The van der Waals surface area contributed by atoms with Gasteiger partial charge in [-0.05, 0) is 72.8 Å². The molecule has 0 saturated carbocycles. The van der Waals surface area contributed by atoms with Gasteiger partial charge in [-0.25, -0.2) is 18.5 Å². The molecule has 0 saturated heterocycles. The summed E-state index contributed by atoms with van der Waals surface area (Å²) >= 11 is 5.99. The Labute approximate surface area is 192 Å². The molecule has 0 aliphatic rings. The molecule has 0 atom stereocenters. The summed E-state index contributed by atoms with van der Waals surface area (Å²) in [6.45, 7) is 0. The van der Waals surface area contributed by atoms with Crippen molar-refractivity contribution in [3.05, 3.63) is 84.0 Å². The van der Waals surface area contributed by atoms with Crippen molar-refractivity contribution in [2.75, 3.05) is 0 Å². The molecule has 0 aliphatic carbocycles. The number of hydrogen-bond acceptors (Lipinski definition) is 4. The topological polar surface area (TPSA) is 87.2 Å². The Kier molecular flexibility index (Phi) is 5.91. The lowest BCUT2D eigenvalue weighted by molar-refractivity contribution is -0.274. The minimum atomic E-state index is -4.78. The van der Waals surface area contributed by atoms with Crippen molar-refractivity contribution in [1.29, 1.82) is 0 Å². The SMILES string of the molecule is NS(=O)(=O)c1ccc(-n2cc(-c3ccc(OC(F)(F)F)cc3)nc2-c2ccc(Cl)cc2)cc1. The fourth-order valence-corrected chi connectivity index (χ4v) is 3.78. The van der Waals surface area contributed by atoms with Crippen molar-refractivity contribution in [3.8, 4) is 34.1 Å². The number of ether oxygens (including phenoxy) is 1. The number of nitrogens with zero attached hydrogens (tertiary/aromatic N) is 2. The Hall–Kier alpha value is -3.34. The van der Waals surface area contributed by atoms with Crippen molar-refractivity contribution in [3.63, 3.8) is 0 Å². The normalized spacial score (nSPS) is 12.0. The monoisotopic (exact) mass is 493 g/mol. The fraction of sp³-hybridized carbons (Fsp3) is 0.0455. The smallest absolute Gasteiger partial charge is 0.406 e. The van der Waals surface area contributed by atoms with Gasteiger partial charge < -0.3 is 4.74 Å². The average Bonchev–Trinajstić information content (AvgIpc) is 3.18. The minimum Gasteiger partial charge on any atom is -0.406 e. The molecule has 33 heavy (non-hydrogen) atoms. The maximum Gasteiger partial charge on any atom is 0.573 e. The van der Waals surface area contributed by atoms with Crippen LogP contribution < -0.4 is 9.88 Å². The van der Waals surface area contributed by atoms with Crippen LogP contribution in [0.25, 0.3) is 28.3 Å². The fourth-order valence-electron chi connectivity index (χ4n) is 3.14. The van der Waals surface area contributed by atoms with E-state index in [0.717, 1.165) is 5.56 Å². The van der Waals surface area contributed by atoms with Gasteiger partial charge in [0.2, 0.25) is 10.0 Å². The van der Waals surface area contributed by atoms with Crippen LogP contribution in [0.15, 0.2) is 83.9 Å². The molecular weight excluding hydrogens is 479 g/mol. The Balaban J connectivity index is 1.78. The molecular formula is C22H15ClF3N3O3S. The summed E-state index contributed by atoms with van der Waals surface area (Å²) in [5.74, 6) is 0.169. The molecule has 1 heterocycles. The Bertz CT molecular complexity index is 1380. The highest BCUT2D eigenvalue weighted by Gasteiger charge is 2.31. The quantitative estimate of drug-likeness (QED) is 0.403. The van der Waals surface area contributed by atoms with Gasteiger partial charge >= 0.3 is 6.36 Å². The zero-order chi connectivity index (χ0) is 23.8. The zero-order valence-corrected chi connectivity index (χ0v) is 18.2. The molecule has 0 unspecified atom stereocenters. The van der Waals surface area contributed by atoms with Crippen LogP contribution in [0, 0.1) is 0 Å². The third kappa shape index (κ3) is 5.36. The Morgan fingerprint density at radius 1 is 0.879 bits per heavy atom. The molecule has 0 bridgehead atoms. The van der Waals surface area contributed by atoms with Crippen LogP contribution in [-0.4, -0.2) is 24.3 Å². The van der Waals surface area contributed by atoms with Gasteiger partial charge in [0.15, 0.2) is 0 Å². The van der Waals surface area contributed by atoms with Crippen LogP contribution >= 0.6 is 11.6 Å². The van der Waals surface area contributed by atoms with E-state index in [4.69, 9.17) is 16.7 Å². The van der Waals surface area contributed by atoms with Gasteiger partial charge in [-0.2, -0.15) is 0 Å². The van der Waals surface area contributed by atoms with E-state index >= 15 is 0 Å². The number of imidazole rings is 1. The van der Waals surface area contributed by atoms with Crippen molar-refractivity contribution >= 4 is 21.6 Å². The largest absolute Gasteiger partial charge is 0.573 e. The van der Waals surface area contributed by atoms with Crippen LogP contribution in [0.5, 0.6) is 5.75 Å². The first-order chi connectivity index (χ1) is 15.5. The molecule has 0 fully saturated rings. The Morgan fingerprint density at radius 3 is 2.00 bits per heavy atom. The summed E-state index contributed by atoms with van der Waals surface area (Å²) < 4.78 is 66.1. The summed E-state index contributed by atoms with van der Waals surface area (Å²) in [6, 6.07) is 18.1. The number of benzene rings is 3. The van der Waals surface area contributed by atoms with Crippen LogP contribution in [0.1, 0.15) is 0 Å². The van der Waals surface area contributed by atoms with Gasteiger partial charge in [-0.3, -0.25) is 4.57 Å². The second-order valence-electron chi connectivity index (χ2n) is 6.94. The highest BCUT2D eigenvalue weighted by Crippen LogP contribution is 2.31. The maximum atomic E-state index is 12.4. The highest BCUT2D eigenvalue weighted by molar-refractivity contribution is 7.89. The van der Waals surface area contributed by atoms with E-state index in [-0.39, 0.29) is 10.6 Å². The molecule has 2 N–H and O–H groups in total. The van der Waals surface area contributed by atoms with Gasteiger partial charge in [0.05, 0.1) is 10.6 Å². The van der Waals surface area contributed by atoms with Crippen LogP contribution in [0.2, 0.25) is 5.02 Å². The molecule has 0 aliphatic heterocycles. The zero-order valence-electron chi connectivity index (χ0n) is 16.6. The maximum absolute atomic E-state index is 12.4. The average molecular weight is 494 g/mol. The van der Waals surface area contributed by atoms with E-state index in [9.17, 15) is 21.6 Å². The van der Waals surface area contributed by atoms with Gasteiger partial charge in [-0.15, -0.1) is 13.2 Å². The van der Waals surface area contributed by atoms with E-state index < -0.39 is 16.4 Å². The van der Waals surface area contributed by atoms with E-state index in [1.807, 2.05) is 0 Å². The molecule has 0 amide bonds. The second-order valence-corrected chi connectivity index (χ2v) is 8.94. The first kappa shape index (κ1) is 22.8. The van der Waals surface area contributed by atoms with Crippen molar-refractivity contribution in [1.82, 2.24) is 9.55 Å². The minimum absolute atomic E-state index is 0.0418. The summed E-state index contributed by atoms with van der Waals surface area (Å²) in [5, 5.41) is 5.71. The summed E-state index contributed by atoms with van der Waals surface area (Å²) in [6.07, 6.45) is -3.09. The third-order valence-corrected chi connectivity index (χ3v) is 5.82. The van der Waals surface area contributed by atoms with Crippen molar-refractivity contribution in [2.45, 2.75) is 11.3 Å². The van der Waals surface area contributed by atoms with E-state index in [1.165, 1.54) is 36.4 Å². The molecule has 3 aromatic carbocycles.